The predicted molar refractivity (Wildman–Crippen MR) is 213 cm³/mol. The Kier molecular flexibility index (Phi) is 10.0. The van der Waals surface area contributed by atoms with Gasteiger partial charge in [-0.05, 0) is 131 Å². The number of nitrogens with one attached hydrogen (secondary N) is 2. The summed E-state index contributed by atoms with van der Waals surface area (Å²) in [6.07, 6.45) is 5.81. The van der Waals surface area contributed by atoms with E-state index < -0.39 is 35.2 Å². The lowest BCUT2D eigenvalue weighted by molar-refractivity contribution is -0.136. The molecule has 8 rings (SSSR count). The van der Waals surface area contributed by atoms with Crippen molar-refractivity contribution in [2.24, 2.45) is 5.92 Å². The molecule has 14 nitrogen and oxygen atoms in total. The molecule has 2 N–H and O–H groups in total. The fourth-order valence-corrected chi connectivity index (χ4v) is 8.85. The fraction of sp³-hybridized carbons (Fsp3) is 0.429. The number of benzene rings is 2. The van der Waals surface area contributed by atoms with E-state index in [1.807, 2.05) is 44.0 Å². The summed E-state index contributed by atoms with van der Waals surface area (Å²) in [6, 6.07) is 15.8. The van der Waals surface area contributed by atoms with Crippen LogP contribution < -0.4 is 25.2 Å². The first-order valence-electron chi connectivity index (χ1n) is 19.4. The number of amides is 5. The van der Waals surface area contributed by atoms with Gasteiger partial charge in [0.25, 0.3) is 17.7 Å². The lowest BCUT2D eigenvalue weighted by atomic mass is 9.88. The van der Waals surface area contributed by atoms with Crippen molar-refractivity contribution in [3.8, 4) is 11.8 Å². The number of hydrogen-bond acceptors (Lipinski definition) is 11. The van der Waals surface area contributed by atoms with E-state index in [0.29, 0.717) is 40.6 Å². The molecule has 0 bridgehead atoms. The molecule has 57 heavy (non-hydrogen) atoms. The summed E-state index contributed by atoms with van der Waals surface area (Å²) in [6.45, 7) is 8.79. The Morgan fingerprint density at radius 3 is 2.42 bits per heavy atom. The SMILES string of the molecule is Cc1cc(N2C(=O)C(C)(C)N(Cc3ccc(N4CCC(CN[C@H]5C[C@H](Oc6ccc7c(c6)C(=O)N(C6CCC(=O)NC6=O)C7=O)C5)CC4)nc3)C2=S)ccc1C#N. The molecule has 5 heterocycles. The number of thiocarbonyl (C=S) groups is 1. The van der Waals surface area contributed by atoms with Crippen LogP contribution in [0.4, 0.5) is 11.5 Å². The van der Waals surface area contributed by atoms with Crippen molar-refractivity contribution in [2.75, 3.05) is 29.4 Å². The van der Waals surface area contributed by atoms with Gasteiger partial charge in [0.1, 0.15) is 29.3 Å². The second-order valence-electron chi connectivity index (χ2n) is 16.1. The second-order valence-corrected chi connectivity index (χ2v) is 16.5. The Morgan fingerprint density at radius 1 is 0.982 bits per heavy atom. The number of anilines is 2. The molecule has 3 saturated heterocycles. The maximum Gasteiger partial charge on any atom is 0.262 e. The van der Waals surface area contributed by atoms with Crippen LogP contribution in [0.15, 0.2) is 54.7 Å². The number of imide groups is 2. The minimum Gasteiger partial charge on any atom is -0.490 e. The van der Waals surface area contributed by atoms with Crippen molar-refractivity contribution in [3.63, 3.8) is 0 Å². The topological polar surface area (TPSA) is 168 Å². The molecule has 4 aliphatic heterocycles. The number of nitriles is 1. The van der Waals surface area contributed by atoms with E-state index in [-0.39, 0.29) is 36.0 Å². The summed E-state index contributed by atoms with van der Waals surface area (Å²) in [4.78, 5) is 75.2. The van der Waals surface area contributed by atoms with Gasteiger partial charge in [0, 0.05) is 38.3 Å². The summed E-state index contributed by atoms with van der Waals surface area (Å²) in [5.74, 6) is -0.235. The Balaban J connectivity index is 0.775. The standard InChI is InChI=1S/C42H44N8O6S/c1-24-16-29(6-5-27(24)20-43)49-40(55)42(2,3)48(41(49)57)23-26-4-10-35(45-22-26)47-14-12-25(13-15-47)21-44-28-17-31(18-28)56-30-7-8-32-33(19-30)39(54)50(38(32)53)34-9-11-36(51)46-37(34)52/h4-8,10,16,19,22,25,28,31,34,44H,9,11-15,17-18,21,23H2,1-3H3,(H,46,51,52)/t28-,31-,34?. The molecule has 1 saturated carbocycles. The number of hydrogen-bond donors (Lipinski definition) is 2. The molecule has 1 unspecified atom stereocenters. The zero-order chi connectivity index (χ0) is 40.2. The van der Waals surface area contributed by atoms with E-state index >= 15 is 0 Å². The fourth-order valence-electron chi connectivity index (χ4n) is 8.36. The molecule has 2 aromatic carbocycles. The number of aryl methyl sites for hydroxylation is 1. The Bertz CT molecular complexity index is 2220. The van der Waals surface area contributed by atoms with Crippen LogP contribution in [-0.4, -0.2) is 92.8 Å². The lowest BCUT2D eigenvalue weighted by Gasteiger charge is -2.38. The van der Waals surface area contributed by atoms with Crippen LogP contribution in [-0.2, 0) is 20.9 Å². The molecule has 1 aliphatic carbocycles. The highest BCUT2D eigenvalue weighted by molar-refractivity contribution is 7.80. The first-order chi connectivity index (χ1) is 27.3. The van der Waals surface area contributed by atoms with E-state index in [1.165, 1.54) is 0 Å². The van der Waals surface area contributed by atoms with E-state index in [0.717, 1.165) is 67.2 Å². The van der Waals surface area contributed by atoms with Crippen LogP contribution >= 0.6 is 12.2 Å². The molecule has 5 aliphatic rings. The molecule has 1 aromatic heterocycles. The zero-order valence-electron chi connectivity index (χ0n) is 32.1. The van der Waals surface area contributed by atoms with E-state index in [2.05, 4.69) is 27.7 Å². The predicted octanol–water partition coefficient (Wildman–Crippen LogP) is 3.99. The molecule has 294 valence electrons. The monoisotopic (exact) mass is 788 g/mol. The molecule has 1 atom stereocenters. The van der Waals surface area contributed by atoms with Gasteiger partial charge >= 0.3 is 0 Å². The molecule has 0 radical (unpaired) electrons. The van der Waals surface area contributed by atoms with E-state index in [1.54, 1.807) is 35.2 Å². The van der Waals surface area contributed by atoms with Crippen LogP contribution in [0.3, 0.4) is 0 Å². The first-order valence-corrected chi connectivity index (χ1v) is 19.9. The summed E-state index contributed by atoms with van der Waals surface area (Å²) in [5, 5.41) is 15.7. The molecule has 15 heteroatoms. The molecule has 3 aromatic rings. The molecule has 4 fully saturated rings. The number of pyridine rings is 1. The largest absolute Gasteiger partial charge is 0.490 e. The number of piperidine rings is 2. The average Bonchev–Trinajstić information content (AvgIpc) is 3.52. The van der Waals surface area contributed by atoms with Gasteiger partial charge in [-0.15, -0.1) is 0 Å². The first kappa shape index (κ1) is 38.2. The number of nitrogens with zero attached hydrogens (tertiary/aromatic N) is 6. The Morgan fingerprint density at radius 2 is 1.74 bits per heavy atom. The van der Waals surface area contributed by atoms with Gasteiger partial charge in [-0.3, -0.25) is 39.1 Å². The second kappa shape index (κ2) is 15.0. The van der Waals surface area contributed by atoms with Gasteiger partial charge in [0.05, 0.1) is 28.4 Å². The van der Waals surface area contributed by atoms with Crippen LogP contribution in [0.2, 0.25) is 0 Å². The smallest absolute Gasteiger partial charge is 0.262 e. The van der Waals surface area contributed by atoms with Crippen molar-refractivity contribution in [1.29, 1.82) is 5.26 Å². The van der Waals surface area contributed by atoms with Gasteiger partial charge in [-0.2, -0.15) is 5.26 Å². The number of carbonyl (C=O) groups excluding carboxylic acids is 5. The normalized spacial score (nSPS) is 23.4. The van der Waals surface area contributed by atoms with Crippen LogP contribution in [0.5, 0.6) is 5.75 Å². The van der Waals surface area contributed by atoms with Crippen molar-refractivity contribution in [3.05, 3.63) is 82.5 Å². The summed E-state index contributed by atoms with van der Waals surface area (Å²) >= 11 is 5.83. The molecular formula is C42H44N8O6S. The van der Waals surface area contributed by atoms with Gasteiger partial charge in [0.2, 0.25) is 11.8 Å². The van der Waals surface area contributed by atoms with Crippen molar-refractivity contribution >= 4 is 58.4 Å². The summed E-state index contributed by atoms with van der Waals surface area (Å²) < 4.78 is 6.17. The lowest BCUT2D eigenvalue weighted by Crippen LogP contribution is -2.54. The van der Waals surface area contributed by atoms with Crippen LogP contribution in [0.25, 0.3) is 0 Å². The van der Waals surface area contributed by atoms with Gasteiger partial charge in [-0.1, -0.05) is 6.07 Å². The average molecular weight is 789 g/mol. The van der Waals surface area contributed by atoms with E-state index in [9.17, 15) is 29.2 Å². The summed E-state index contributed by atoms with van der Waals surface area (Å²) in [5.41, 5.74) is 2.57. The van der Waals surface area contributed by atoms with Gasteiger partial charge in [-0.25, -0.2) is 4.98 Å². The van der Waals surface area contributed by atoms with Crippen LogP contribution in [0, 0.1) is 24.2 Å². The maximum absolute atomic E-state index is 13.6. The zero-order valence-corrected chi connectivity index (χ0v) is 32.9. The number of rotatable bonds is 10. The van der Waals surface area contributed by atoms with Crippen LogP contribution in [0.1, 0.15) is 89.8 Å². The van der Waals surface area contributed by atoms with Crippen molar-refractivity contribution < 1.29 is 28.7 Å². The highest BCUT2D eigenvalue weighted by Crippen LogP contribution is 2.36. The third-order valence-electron chi connectivity index (χ3n) is 12.0. The minimum atomic E-state index is -0.998. The van der Waals surface area contributed by atoms with Crippen molar-refractivity contribution in [2.45, 2.75) is 89.6 Å². The molecular weight excluding hydrogens is 745 g/mol. The quantitative estimate of drug-likeness (QED) is 0.224. The van der Waals surface area contributed by atoms with Crippen molar-refractivity contribution in [1.82, 2.24) is 25.4 Å². The summed E-state index contributed by atoms with van der Waals surface area (Å²) in [7, 11) is 0. The number of ether oxygens (including phenoxy) is 1. The number of fused-ring (bicyclic) bond motifs is 1. The third kappa shape index (κ3) is 7.12. The van der Waals surface area contributed by atoms with E-state index in [4.69, 9.17) is 21.9 Å². The number of aromatic nitrogens is 1. The Labute approximate surface area is 336 Å². The minimum absolute atomic E-state index is 0.00625. The molecule has 5 amide bonds. The van der Waals surface area contributed by atoms with Gasteiger partial charge < -0.3 is 19.9 Å². The van der Waals surface area contributed by atoms with Gasteiger partial charge in [0.15, 0.2) is 5.11 Å². The highest BCUT2D eigenvalue weighted by Gasteiger charge is 2.49. The number of carbonyl (C=O) groups is 5. The third-order valence-corrected chi connectivity index (χ3v) is 12.4. The Hall–Kier alpha value is -5.72. The highest BCUT2D eigenvalue weighted by atomic mass is 32.1. The maximum atomic E-state index is 13.6. The molecule has 0 spiro atoms.